The maximum absolute atomic E-state index is 12.5. The SMILES string of the molecule is CCN(CC)S(=O)(=O)c1ccc(NC(=O)Cc2ccc(C)cc2C)cc1. The number of nitrogens with one attached hydrogen (secondary N) is 1. The number of carbonyl (C=O) groups excluding carboxylic acids is 1. The fraction of sp³-hybridized carbons (Fsp3) is 0.350. The Morgan fingerprint density at radius 3 is 2.15 bits per heavy atom. The van der Waals surface area contributed by atoms with Gasteiger partial charge in [0.25, 0.3) is 0 Å². The van der Waals surface area contributed by atoms with Gasteiger partial charge in [0.1, 0.15) is 0 Å². The molecule has 2 aromatic carbocycles. The Morgan fingerprint density at radius 2 is 1.62 bits per heavy atom. The van der Waals surface area contributed by atoms with E-state index in [0.717, 1.165) is 16.7 Å². The third-order valence-corrected chi connectivity index (χ3v) is 6.39. The normalized spacial score (nSPS) is 11.6. The van der Waals surface area contributed by atoms with Crippen molar-refractivity contribution >= 4 is 21.6 Å². The molecule has 0 aliphatic rings. The summed E-state index contributed by atoms with van der Waals surface area (Å²) < 4.78 is 26.3. The highest BCUT2D eigenvalue weighted by Crippen LogP contribution is 2.19. The average molecular weight is 375 g/mol. The minimum absolute atomic E-state index is 0.128. The predicted octanol–water partition coefficient (Wildman–Crippen LogP) is 3.52. The minimum atomic E-state index is -3.48. The molecule has 0 saturated heterocycles. The summed E-state index contributed by atoms with van der Waals surface area (Å²) >= 11 is 0. The van der Waals surface area contributed by atoms with E-state index in [9.17, 15) is 13.2 Å². The second-order valence-corrected chi connectivity index (χ2v) is 8.21. The molecule has 0 saturated carbocycles. The highest BCUT2D eigenvalue weighted by molar-refractivity contribution is 7.89. The summed E-state index contributed by atoms with van der Waals surface area (Å²) in [7, 11) is -3.48. The summed E-state index contributed by atoms with van der Waals surface area (Å²) in [6, 6.07) is 12.3. The first-order valence-corrected chi connectivity index (χ1v) is 10.2. The van der Waals surface area contributed by atoms with Crippen molar-refractivity contribution in [3.8, 4) is 0 Å². The fourth-order valence-electron chi connectivity index (χ4n) is 2.85. The lowest BCUT2D eigenvalue weighted by Gasteiger charge is -2.18. The zero-order chi connectivity index (χ0) is 19.3. The van der Waals surface area contributed by atoms with Crippen LogP contribution in [-0.4, -0.2) is 31.7 Å². The van der Waals surface area contributed by atoms with E-state index >= 15 is 0 Å². The molecule has 1 N–H and O–H groups in total. The zero-order valence-corrected chi connectivity index (χ0v) is 16.6. The Kier molecular flexibility index (Phi) is 6.56. The fourth-order valence-corrected chi connectivity index (χ4v) is 4.30. The van der Waals surface area contributed by atoms with Crippen molar-refractivity contribution in [2.24, 2.45) is 0 Å². The number of benzene rings is 2. The largest absolute Gasteiger partial charge is 0.326 e. The van der Waals surface area contributed by atoms with Gasteiger partial charge in [0.05, 0.1) is 11.3 Å². The molecule has 0 unspecified atom stereocenters. The lowest BCUT2D eigenvalue weighted by Crippen LogP contribution is -2.30. The molecule has 0 fully saturated rings. The van der Waals surface area contributed by atoms with Crippen LogP contribution in [0.4, 0.5) is 5.69 Å². The highest BCUT2D eigenvalue weighted by atomic mass is 32.2. The van der Waals surface area contributed by atoms with Gasteiger partial charge in [-0.1, -0.05) is 37.6 Å². The minimum Gasteiger partial charge on any atom is -0.326 e. The van der Waals surface area contributed by atoms with Crippen LogP contribution in [0.15, 0.2) is 47.4 Å². The Bertz CT molecular complexity index is 870. The van der Waals surface area contributed by atoms with Crippen LogP contribution >= 0.6 is 0 Å². The van der Waals surface area contributed by atoms with E-state index in [4.69, 9.17) is 0 Å². The van der Waals surface area contributed by atoms with E-state index in [1.165, 1.54) is 16.4 Å². The number of anilines is 1. The van der Waals surface area contributed by atoms with Crippen molar-refractivity contribution in [1.29, 1.82) is 0 Å². The van der Waals surface area contributed by atoms with Gasteiger partial charge in [-0.25, -0.2) is 8.42 Å². The third-order valence-electron chi connectivity index (χ3n) is 4.33. The topological polar surface area (TPSA) is 66.5 Å². The maximum Gasteiger partial charge on any atom is 0.243 e. The molecule has 1 amide bonds. The molecule has 0 aliphatic heterocycles. The lowest BCUT2D eigenvalue weighted by atomic mass is 10.0. The Balaban J connectivity index is 2.08. The first kappa shape index (κ1) is 20.1. The molecule has 140 valence electrons. The number of nitrogens with zero attached hydrogens (tertiary/aromatic N) is 1. The maximum atomic E-state index is 12.5. The molecule has 0 bridgehead atoms. The number of hydrogen-bond acceptors (Lipinski definition) is 3. The quantitative estimate of drug-likeness (QED) is 0.806. The van der Waals surface area contributed by atoms with E-state index in [0.29, 0.717) is 18.8 Å². The van der Waals surface area contributed by atoms with Crippen molar-refractivity contribution in [2.45, 2.75) is 39.0 Å². The number of aryl methyl sites for hydroxylation is 2. The average Bonchev–Trinajstić information content (AvgIpc) is 2.59. The van der Waals surface area contributed by atoms with Gasteiger partial charge in [0.15, 0.2) is 0 Å². The summed E-state index contributed by atoms with van der Waals surface area (Å²) in [5.74, 6) is -0.128. The standard InChI is InChI=1S/C20H26N2O3S/c1-5-22(6-2)26(24,25)19-11-9-18(10-12-19)21-20(23)14-17-8-7-15(3)13-16(17)4/h7-13H,5-6,14H2,1-4H3,(H,21,23). The zero-order valence-electron chi connectivity index (χ0n) is 15.7. The molecule has 0 heterocycles. The summed E-state index contributed by atoms with van der Waals surface area (Å²) in [4.78, 5) is 12.5. The van der Waals surface area contributed by atoms with Gasteiger partial charge >= 0.3 is 0 Å². The van der Waals surface area contributed by atoms with Crippen LogP contribution in [-0.2, 0) is 21.2 Å². The Morgan fingerprint density at radius 1 is 1.00 bits per heavy atom. The lowest BCUT2D eigenvalue weighted by molar-refractivity contribution is -0.115. The van der Waals surface area contributed by atoms with Gasteiger partial charge < -0.3 is 5.32 Å². The molecule has 0 atom stereocenters. The molecule has 0 spiro atoms. The second kappa shape index (κ2) is 8.47. The van der Waals surface area contributed by atoms with Crippen LogP contribution in [0.25, 0.3) is 0 Å². The van der Waals surface area contributed by atoms with Crippen LogP contribution in [0, 0.1) is 13.8 Å². The first-order chi connectivity index (χ1) is 12.3. The Labute approximate surface area is 156 Å². The predicted molar refractivity (Wildman–Crippen MR) is 105 cm³/mol. The summed E-state index contributed by atoms with van der Waals surface area (Å²) in [5, 5.41) is 2.82. The summed E-state index contributed by atoms with van der Waals surface area (Å²) in [5.41, 5.74) is 3.81. The first-order valence-electron chi connectivity index (χ1n) is 8.74. The number of sulfonamides is 1. The number of rotatable bonds is 7. The van der Waals surface area contributed by atoms with E-state index in [1.54, 1.807) is 12.1 Å². The van der Waals surface area contributed by atoms with Gasteiger partial charge in [-0.3, -0.25) is 4.79 Å². The molecular formula is C20H26N2O3S. The van der Waals surface area contributed by atoms with Crippen molar-refractivity contribution in [3.05, 3.63) is 59.2 Å². The van der Waals surface area contributed by atoms with Gasteiger partial charge in [0.2, 0.25) is 15.9 Å². The van der Waals surface area contributed by atoms with Crippen LogP contribution in [0.1, 0.15) is 30.5 Å². The van der Waals surface area contributed by atoms with Gasteiger partial charge in [-0.05, 0) is 49.2 Å². The third kappa shape index (κ3) is 4.71. The van der Waals surface area contributed by atoms with Gasteiger partial charge in [0, 0.05) is 18.8 Å². The number of carbonyl (C=O) groups is 1. The molecule has 0 aromatic heterocycles. The van der Waals surface area contributed by atoms with Gasteiger partial charge in [-0.2, -0.15) is 4.31 Å². The van der Waals surface area contributed by atoms with Crippen LogP contribution < -0.4 is 5.32 Å². The van der Waals surface area contributed by atoms with E-state index in [-0.39, 0.29) is 17.2 Å². The molecule has 6 heteroatoms. The van der Waals surface area contributed by atoms with Crippen molar-refractivity contribution in [2.75, 3.05) is 18.4 Å². The molecule has 5 nitrogen and oxygen atoms in total. The molecule has 2 aromatic rings. The van der Waals surface area contributed by atoms with Crippen LogP contribution in [0.2, 0.25) is 0 Å². The number of amides is 1. The van der Waals surface area contributed by atoms with Crippen molar-refractivity contribution in [3.63, 3.8) is 0 Å². The molecule has 0 radical (unpaired) electrons. The summed E-state index contributed by atoms with van der Waals surface area (Å²) in [6.45, 7) is 8.47. The monoisotopic (exact) mass is 374 g/mol. The molecule has 26 heavy (non-hydrogen) atoms. The van der Waals surface area contributed by atoms with Crippen molar-refractivity contribution in [1.82, 2.24) is 4.31 Å². The second-order valence-electron chi connectivity index (χ2n) is 6.27. The van der Waals surface area contributed by atoms with Gasteiger partial charge in [-0.15, -0.1) is 0 Å². The smallest absolute Gasteiger partial charge is 0.243 e. The van der Waals surface area contributed by atoms with Crippen LogP contribution in [0.5, 0.6) is 0 Å². The van der Waals surface area contributed by atoms with Crippen molar-refractivity contribution < 1.29 is 13.2 Å². The molecule has 2 rings (SSSR count). The van der Waals surface area contributed by atoms with Crippen LogP contribution in [0.3, 0.4) is 0 Å². The van der Waals surface area contributed by atoms with E-state index < -0.39 is 10.0 Å². The van der Waals surface area contributed by atoms with E-state index in [2.05, 4.69) is 11.4 Å². The van der Waals surface area contributed by atoms with E-state index in [1.807, 2.05) is 39.8 Å². The Hall–Kier alpha value is -2.18. The molecular weight excluding hydrogens is 348 g/mol. The summed E-state index contributed by atoms with van der Waals surface area (Å²) in [6.07, 6.45) is 0.283. The highest BCUT2D eigenvalue weighted by Gasteiger charge is 2.21. The number of hydrogen-bond donors (Lipinski definition) is 1. The molecule has 0 aliphatic carbocycles.